The number of carbonyl (C=O) groups is 2. The van der Waals surface area contributed by atoms with Crippen LogP contribution in [-0.2, 0) is 4.79 Å². The van der Waals surface area contributed by atoms with Gasteiger partial charge in [0.2, 0.25) is 0 Å². The van der Waals surface area contributed by atoms with Crippen molar-refractivity contribution in [1.29, 1.82) is 0 Å². The van der Waals surface area contributed by atoms with E-state index >= 15 is 0 Å². The Hall–Kier alpha value is -2.05. The molecule has 0 spiro atoms. The van der Waals surface area contributed by atoms with Crippen molar-refractivity contribution in [2.45, 2.75) is 31.7 Å². The van der Waals surface area contributed by atoms with Crippen molar-refractivity contribution < 1.29 is 27.9 Å². The average molecular weight is 301 g/mol. The van der Waals surface area contributed by atoms with Gasteiger partial charge in [-0.2, -0.15) is 0 Å². The summed E-state index contributed by atoms with van der Waals surface area (Å²) in [6.07, 6.45) is 2.33. The van der Waals surface area contributed by atoms with Crippen molar-refractivity contribution in [3.63, 3.8) is 0 Å². The molecule has 1 amide bonds. The third-order valence-electron chi connectivity index (χ3n) is 3.53. The lowest BCUT2D eigenvalue weighted by Gasteiger charge is -2.27. The second kappa shape index (κ2) is 6.15. The van der Waals surface area contributed by atoms with Gasteiger partial charge in [0.25, 0.3) is 5.91 Å². The normalized spacial score (nSPS) is 19.2. The largest absolute Gasteiger partial charge is 0.480 e. The van der Waals surface area contributed by atoms with Gasteiger partial charge < -0.3 is 10.0 Å². The molecule has 1 aliphatic heterocycles. The monoisotopic (exact) mass is 301 g/mol. The summed E-state index contributed by atoms with van der Waals surface area (Å²) in [5.41, 5.74) is -0.389. The first kappa shape index (κ1) is 15.3. The van der Waals surface area contributed by atoms with E-state index in [4.69, 9.17) is 0 Å². The molecule has 1 aromatic carbocycles. The Balaban J connectivity index is 2.34. The van der Waals surface area contributed by atoms with E-state index in [-0.39, 0.29) is 18.5 Å². The predicted octanol–water partition coefficient (Wildman–Crippen LogP) is 2.57. The van der Waals surface area contributed by atoms with Gasteiger partial charge in [-0.3, -0.25) is 4.79 Å². The van der Waals surface area contributed by atoms with E-state index in [9.17, 15) is 27.9 Å². The minimum Gasteiger partial charge on any atom is -0.480 e. The number of halogens is 3. The van der Waals surface area contributed by atoms with Gasteiger partial charge >= 0.3 is 5.97 Å². The average Bonchev–Trinajstić information content (AvgIpc) is 2.69. The zero-order valence-corrected chi connectivity index (χ0v) is 11.1. The molecule has 1 atom stereocenters. The first-order valence-electron chi connectivity index (χ1n) is 6.60. The van der Waals surface area contributed by atoms with Crippen LogP contribution in [0.2, 0.25) is 0 Å². The molecule has 1 N–H and O–H groups in total. The summed E-state index contributed by atoms with van der Waals surface area (Å²) in [5, 5.41) is 9.18. The molecule has 1 heterocycles. The van der Waals surface area contributed by atoms with E-state index in [0.717, 1.165) is 11.3 Å². The van der Waals surface area contributed by atoms with Crippen LogP contribution in [0.5, 0.6) is 0 Å². The maximum absolute atomic E-state index is 13.2. The van der Waals surface area contributed by atoms with Crippen LogP contribution in [0.1, 0.15) is 36.0 Å². The fourth-order valence-corrected chi connectivity index (χ4v) is 2.45. The number of hydrogen-bond acceptors (Lipinski definition) is 2. The van der Waals surface area contributed by atoms with Crippen molar-refractivity contribution in [3.05, 3.63) is 35.1 Å². The molecular formula is C14H14F3NO3. The quantitative estimate of drug-likeness (QED) is 0.854. The number of rotatable bonds is 2. The minimum atomic E-state index is -1.66. The van der Waals surface area contributed by atoms with Crippen LogP contribution in [0.3, 0.4) is 0 Å². The topological polar surface area (TPSA) is 57.6 Å². The number of nitrogens with zero attached hydrogens (tertiary/aromatic N) is 1. The summed E-state index contributed by atoms with van der Waals surface area (Å²) in [7, 11) is 0. The molecule has 1 unspecified atom stereocenters. The molecule has 0 aromatic heterocycles. The lowest BCUT2D eigenvalue weighted by atomic mass is 10.1. The number of hydrogen-bond donors (Lipinski definition) is 1. The fraction of sp³-hybridized carbons (Fsp3) is 0.429. The zero-order chi connectivity index (χ0) is 15.6. The smallest absolute Gasteiger partial charge is 0.326 e. The fourth-order valence-electron chi connectivity index (χ4n) is 2.45. The van der Waals surface area contributed by atoms with E-state index in [1.165, 1.54) is 0 Å². The maximum Gasteiger partial charge on any atom is 0.326 e. The summed E-state index contributed by atoms with van der Waals surface area (Å²) in [6, 6.07) is 0.144. The van der Waals surface area contributed by atoms with Gasteiger partial charge in [-0.25, -0.2) is 18.0 Å². The van der Waals surface area contributed by atoms with E-state index in [1.54, 1.807) is 0 Å². The van der Waals surface area contributed by atoms with Crippen LogP contribution in [-0.4, -0.2) is 34.5 Å². The Morgan fingerprint density at radius 2 is 1.71 bits per heavy atom. The van der Waals surface area contributed by atoms with E-state index in [0.29, 0.717) is 25.0 Å². The Bertz CT molecular complexity index is 554. The summed E-state index contributed by atoms with van der Waals surface area (Å²) in [6.45, 7) is 0.191. The SMILES string of the molecule is O=C(O)C1CCCCCN1C(=O)c1cc(F)c(F)c(F)c1. The summed E-state index contributed by atoms with van der Waals surface area (Å²) < 4.78 is 39.3. The molecule has 1 saturated heterocycles. The van der Waals surface area contributed by atoms with Gasteiger partial charge in [-0.1, -0.05) is 12.8 Å². The highest BCUT2D eigenvalue weighted by Crippen LogP contribution is 2.21. The highest BCUT2D eigenvalue weighted by atomic mass is 19.2. The van der Waals surface area contributed by atoms with Crippen LogP contribution in [0.4, 0.5) is 13.2 Å². The third kappa shape index (κ3) is 3.17. The number of benzene rings is 1. The maximum atomic E-state index is 13.2. The second-order valence-corrected chi connectivity index (χ2v) is 4.96. The second-order valence-electron chi connectivity index (χ2n) is 4.96. The lowest BCUT2D eigenvalue weighted by molar-refractivity contribution is -0.142. The zero-order valence-electron chi connectivity index (χ0n) is 11.1. The molecule has 114 valence electrons. The van der Waals surface area contributed by atoms with Crippen molar-refractivity contribution >= 4 is 11.9 Å². The van der Waals surface area contributed by atoms with Gasteiger partial charge in [0.05, 0.1) is 0 Å². The van der Waals surface area contributed by atoms with Crippen LogP contribution in [0.25, 0.3) is 0 Å². The van der Waals surface area contributed by atoms with Crippen molar-refractivity contribution in [3.8, 4) is 0 Å². The van der Waals surface area contributed by atoms with Gasteiger partial charge in [0, 0.05) is 12.1 Å². The number of carboxylic acid groups (broad SMARTS) is 1. The Kier molecular flexibility index (Phi) is 4.50. The van der Waals surface area contributed by atoms with Crippen LogP contribution >= 0.6 is 0 Å². The molecular weight excluding hydrogens is 287 g/mol. The van der Waals surface area contributed by atoms with Gasteiger partial charge in [-0.05, 0) is 25.0 Å². The number of amides is 1. The van der Waals surface area contributed by atoms with E-state index in [2.05, 4.69) is 0 Å². The third-order valence-corrected chi connectivity index (χ3v) is 3.53. The predicted molar refractivity (Wildman–Crippen MR) is 67.2 cm³/mol. The molecule has 4 nitrogen and oxygen atoms in total. The summed E-state index contributed by atoms with van der Waals surface area (Å²) in [4.78, 5) is 24.6. The highest BCUT2D eigenvalue weighted by molar-refractivity contribution is 5.96. The Labute approximate surface area is 119 Å². The Morgan fingerprint density at radius 3 is 2.29 bits per heavy atom. The van der Waals surface area contributed by atoms with Crippen LogP contribution in [0.15, 0.2) is 12.1 Å². The van der Waals surface area contributed by atoms with Gasteiger partial charge in [-0.15, -0.1) is 0 Å². The minimum absolute atomic E-state index is 0.191. The number of likely N-dealkylation sites (tertiary alicyclic amines) is 1. The standard InChI is InChI=1S/C14H14F3NO3/c15-9-6-8(7-10(16)12(9)17)13(19)18-5-3-1-2-4-11(18)14(20)21/h6-7,11H,1-5H2,(H,20,21). The molecule has 21 heavy (non-hydrogen) atoms. The first-order chi connectivity index (χ1) is 9.91. The van der Waals surface area contributed by atoms with Crippen molar-refractivity contribution in [1.82, 2.24) is 4.90 Å². The van der Waals surface area contributed by atoms with Crippen LogP contribution < -0.4 is 0 Å². The summed E-state index contributed by atoms with van der Waals surface area (Å²) >= 11 is 0. The molecule has 7 heteroatoms. The molecule has 0 aliphatic carbocycles. The molecule has 1 fully saturated rings. The molecule has 0 radical (unpaired) electrons. The van der Waals surface area contributed by atoms with E-state index < -0.39 is 35.4 Å². The summed E-state index contributed by atoms with van der Waals surface area (Å²) in [5.74, 6) is -6.56. The molecule has 0 bridgehead atoms. The molecule has 1 aliphatic rings. The molecule has 0 saturated carbocycles. The van der Waals surface area contributed by atoms with Crippen molar-refractivity contribution in [2.75, 3.05) is 6.54 Å². The van der Waals surface area contributed by atoms with Gasteiger partial charge in [0.1, 0.15) is 6.04 Å². The number of carbonyl (C=O) groups excluding carboxylic acids is 1. The molecule has 1 aromatic rings. The Morgan fingerprint density at radius 1 is 1.10 bits per heavy atom. The number of aliphatic carboxylic acids is 1. The first-order valence-corrected chi connectivity index (χ1v) is 6.60. The molecule has 2 rings (SSSR count). The lowest BCUT2D eigenvalue weighted by Crippen LogP contribution is -2.44. The van der Waals surface area contributed by atoms with Crippen molar-refractivity contribution in [2.24, 2.45) is 0 Å². The highest BCUT2D eigenvalue weighted by Gasteiger charge is 2.32. The number of carboxylic acids is 1. The van der Waals surface area contributed by atoms with E-state index in [1.807, 2.05) is 0 Å². The van der Waals surface area contributed by atoms with Gasteiger partial charge in [0.15, 0.2) is 17.5 Å². The van der Waals surface area contributed by atoms with Crippen LogP contribution in [0, 0.1) is 17.5 Å².